The van der Waals surface area contributed by atoms with Crippen LogP contribution in [0.1, 0.15) is 19.0 Å². The summed E-state index contributed by atoms with van der Waals surface area (Å²) in [5.41, 5.74) is 6.62. The zero-order valence-electron chi connectivity index (χ0n) is 9.76. The average Bonchev–Trinajstić information content (AvgIpc) is 2.94. The highest BCUT2D eigenvalue weighted by molar-refractivity contribution is 7.98. The zero-order valence-corrected chi connectivity index (χ0v) is 10.6. The molecular formula is C12H16N2O2S. The Morgan fingerprint density at radius 3 is 3.06 bits per heavy atom. The summed E-state index contributed by atoms with van der Waals surface area (Å²) in [4.78, 5) is 0. The van der Waals surface area contributed by atoms with Crippen molar-refractivity contribution in [1.82, 2.24) is 5.16 Å². The van der Waals surface area contributed by atoms with E-state index in [-0.39, 0.29) is 6.04 Å². The van der Waals surface area contributed by atoms with Gasteiger partial charge in [0.1, 0.15) is 0 Å². The van der Waals surface area contributed by atoms with E-state index in [1.165, 1.54) is 0 Å². The summed E-state index contributed by atoms with van der Waals surface area (Å²) in [7, 11) is 0. The minimum atomic E-state index is 0.262. The lowest BCUT2D eigenvalue weighted by atomic mass is 10.3. The Kier molecular flexibility index (Phi) is 4.28. The van der Waals surface area contributed by atoms with E-state index in [0.717, 1.165) is 23.6 Å². The van der Waals surface area contributed by atoms with Gasteiger partial charge in [0.15, 0.2) is 5.76 Å². The van der Waals surface area contributed by atoms with Crippen LogP contribution in [0.25, 0.3) is 11.5 Å². The van der Waals surface area contributed by atoms with E-state index >= 15 is 0 Å². The predicted molar refractivity (Wildman–Crippen MR) is 68.6 cm³/mol. The van der Waals surface area contributed by atoms with Crippen LogP contribution in [0.5, 0.6) is 0 Å². The number of nitrogens with two attached hydrogens (primary N) is 1. The van der Waals surface area contributed by atoms with Crippen molar-refractivity contribution in [1.29, 1.82) is 0 Å². The van der Waals surface area contributed by atoms with Crippen molar-refractivity contribution in [3.05, 3.63) is 30.2 Å². The van der Waals surface area contributed by atoms with Gasteiger partial charge in [0.05, 0.1) is 12.0 Å². The standard InChI is InChI=1S/C12H16N2O2S/c1-9(13)4-6-17-8-10-7-12(16-14-10)11-3-2-5-15-11/h2-3,5,7,9H,4,6,8,13H2,1H3. The van der Waals surface area contributed by atoms with Gasteiger partial charge in [-0.15, -0.1) is 0 Å². The van der Waals surface area contributed by atoms with E-state index in [9.17, 15) is 0 Å². The quantitative estimate of drug-likeness (QED) is 0.801. The lowest BCUT2D eigenvalue weighted by Gasteiger charge is -2.02. The SMILES string of the molecule is CC(N)CCSCc1cc(-c2ccco2)on1. The molecule has 0 aliphatic heterocycles. The van der Waals surface area contributed by atoms with Gasteiger partial charge in [-0.05, 0) is 31.2 Å². The highest BCUT2D eigenvalue weighted by atomic mass is 32.2. The molecule has 0 spiro atoms. The van der Waals surface area contributed by atoms with E-state index in [1.807, 2.05) is 36.9 Å². The smallest absolute Gasteiger partial charge is 0.202 e. The summed E-state index contributed by atoms with van der Waals surface area (Å²) >= 11 is 1.81. The summed E-state index contributed by atoms with van der Waals surface area (Å²) in [5.74, 6) is 3.28. The first-order chi connectivity index (χ1) is 8.25. The van der Waals surface area contributed by atoms with Crippen molar-refractivity contribution in [2.45, 2.75) is 25.1 Å². The summed E-state index contributed by atoms with van der Waals surface area (Å²) < 4.78 is 10.4. The van der Waals surface area contributed by atoms with Crippen LogP contribution in [0.3, 0.4) is 0 Å². The normalized spacial score (nSPS) is 12.8. The van der Waals surface area contributed by atoms with Gasteiger partial charge in [0.25, 0.3) is 0 Å². The molecule has 0 fully saturated rings. The Morgan fingerprint density at radius 1 is 1.47 bits per heavy atom. The monoisotopic (exact) mass is 252 g/mol. The molecule has 5 heteroatoms. The third-order valence-corrected chi connectivity index (χ3v) is 3.31. The topological polar surface area (TPSA) is 65.2 Å². The maximum Gasteiger partial charge on any atom is 0.202 e. The van der Waals surface area contributed by atoms with Crippen molar-refractivity contribution in [2.24, 2.45) is 5.73 Å². The molecule has 92 valence electrons. The molecule has 2 heterocycles. The molecule has 2 aromatic heterocycles. The molecule has 0 saturated heterocycles. The molecule has 2 rings (SSSR count). The Balaban J connectivity index is 1.83. The summed E-state index contributed by atoms with van der Waals surface area (Å²) in [6.07, 6.45) is 2.64. The summed E-state index contributed by atoms with van der Waals surface area (Å²) in [5, 5.41) is 4.00. The molecule has 17 heavy (non-hydrogen) atoms. The number of rotatable bonds is 6. The van der Waals surface area contributed by atoms with E-state index in [1.54, 1.807) is 6.26 Å². The largest absolute Gasteiger partial charge is 0.461 e. The highest BCUT2D eigenvalue weighted by Gasteiger charge is 2.08. The van der Waals surface area contributed by atoms with Gasteiger partial charge in [-0.1, -0.05) is 5.16 Å². The maximum atomic E-state index is 5.68. The molecular weight excluding hydrogens is 236 g/mol. The van der Waals surface area contributed by atoms with Gasteiger partial charge in [0.2, 0.25) is 5.76 Å². The van der Waals surface area contributed by atoms with Gasteiger partial charge in [-0.25, -0.2) is 0 Å². The van der Waals surface area contributed by atoms with Crippen LogP contribution in [0.4, 0.5) is 0 Å². The van der Waals surface area contributed by atoms with Gasteiger partial charge < -0.3 is 14.7 Å². The summed E-state index contributed by atoms with van der Waals surface area (Å²) in [6, 6.07) is 5.86. The Labute approximate surface area is 105 Å². The van der Waals surface area contributed by atoms with Crippen LogP contribution in [0.15, 0.2) is 33.4 Å². The second-order valence-corrected chi connectivity index (χ2v) is 5.08. The predicted octanol–water partition coefficient (Wildman–Crippen LogP) is 2.91. The van der Waals surface area contributed by atoms with E-state index in [4.69, 9.17) is 14.7 Å². The van der Waals surface area contributed by atoms with Crippen molar-refractivity contribution < 1.29 is 8.94 Å². The van der Waals surface area contributed by atoms with E-state index in [2.05, 4.69) is 5.16 Å². The fourth-order valence-electron chi connectivity index (χ4n) is 1.36. The maximum absolute atomic E-state index is 5.68. The minimum Gasteiger partial charge on any atom is -0.461 e. The van der Waals surface area contributed by atoms with Crippen LogP contribution in [0.2, 0.25) is 0 Å². The number of thioether (sulfide) groups is 1. The molecule has 4 nitrogen and oxygen atoms in total. The van der Waals surface area contributed by atoms with Crippen molar-refractivity contribution >= 4 is 11.8 Å². The molecule has 0 bridgehead atoms. The lowest BCUT2D eigenvalue weighted by Crippen LogP contribution is -2.15. The van der Waals surface area contributed by atoms with Gasteiger partial charge in [-0.2, -0.15) is 11.8 Å². The van der Waals surface area contributed by atoms with Crippen LogP contribution < -0.4 is 5.73 Å². The molecule has 2 N–H and O–H groups in total. The number of hydrogen-bond acceptors (Lipinski definition) is 5. The van der Waals surface area contributed by atoms with Gasteiger partial charge in [0, 0.05) is 17.9 Å². The molecule has 1 atom stereocenters. The Bertz CT molecular complexity index is 437. The second kappa shape index (κ2) is 5.93. The molecule has 0 aromatic carbocycles. The van der Waals surface area contributed by atoms with E-state index < -0.39 is 0 Å². The first-order valence-electron chi connectivity index (χ1n) is 5.58. The Hall–Kier alpha value is -1.20. The van der Waals surface area contributed by atoms with Crippen molar-refractivity contribution in [3.63, 3.8) is 0 Å². The van der Waals surface area contributed by atoms with Crippen molar-refractivity contribution in [3.8, 4) is 11.5 Å². The number of furan rings is 1. The van der Waals surface area contributed by atoms with Gasteiger partial charge >= 0.3 is 0 Å². The van der Waals surface area contributed by atoms with E-state index in [0.29, 0.717) is 11.5 Å². The molecule has 0 aliphatic carbocycles. The number of nitrogens with zero attached hydrogens (tertiary/aromatic N) is 1. The highest BCUT2D eigenvalue weighted by Crippen LogP contribution is 2.22. The molecule has 2 aromatic rings. The fourth-order valence-corrected chi connectivity index (χ4v) is 2.39. The Morgan fingerprint density at radius 2 is 2.35 bits per heavy atom. The van der Waals surface area contributed by atoms with Gasteiger partial charge in [-0.3, -0.25) is 0 Å². The van der Waals surface area contributed by atoms with Crippen molar-refractivity contribution in [2.75, 3.05) is 5.75 Å². The minimum absolute atomic E-state index is 0.262. The first-order valence-corrected chi connectivity index (χ1v) is 6.74. The fraction of sp³-hybridized carbons (Fsp3) is 0.417. The van der Waals surface area contributed by atoms with Crippen LogP contribution >= 0.6 is 11.8 Å². The third-order valence-electron chi connectivity index (χ3n) is 2.29. The van der Waals surface area contributed by atoms with Crippen LogP contribution in [-0.4, -0.2) is 17.0 Å². The average molecular weight is 252 g/mol. The summed E-state index contributed by atoms with van der Waals surface area (Å²) in [6.45, 7) is 2.02. The number of aromatic nitrogens is 1. The first kappa shape index (κ1) is 12.3. The zero-order chi connectivity index (χ0) is 12.1. The lowest BCUT2D eigenvalue weighted by molar-refractivity contribution is 0.413. The van der Waals surface area contributed by atoms with Crippen LogP contribution in [0, 0.1) is 0 Å². The second-order valence-electron chi connectivity index (χ2n) is 3.98. The molecule has 0 radical (unpaired) electrons. The molecule has 0 saturated carbocycles. The van der Waals surface area contributed by atoms with Crippen LogP contribution in [-0.2, 0) is 5.75 Å². The third kappa shape index (κ3) is 3.64. The number of hydrogen-bond donors (Lipinski definition) is 1. The molecule has 1 unspecified atom stereocenters. The molecule has 0 aliphatic rings. The molecule has 0 amide bonds.